The van der Waals surface area contributed by atoms with E-state index in [2.05, 4.69) is 20.4 Å². The SMILES string of the molecule is O=C(NCc1ccc(OCC(F)(F)F)nc1)NCC1(c2ccc(F)cc2)CC1. The molecular weight excluding hydrogens is 378 g/mol. The first-order chi connectivity index (χ1) is 13.3. The number of aromatic nitrogens is 1. The molecule has 0 atom stereocenters. The molecule has 150 valence electrons. The molecule has 1 aliphatic rings. The number of nitrogens with zero attached hydrogens (tertiary/aromatic N) is 1. The molecule has 2 amide bonds. The van der Waals surface area contributed by atoms with E-state index in [-0.39, 0.29) is 29.7 Å². The van der Waals surface area contributed by atoms with Crippen molar-refractivity contribution in [2.45, 2.75) is 31.0 Å². The van der Waals surface area contributed by atoms with Gasteiger partial charge in [-0.2, -0.15) is 13.2 Å². The second kappa shape index (κ2) is 8.04. The highest BCUT2D eigenvalue weighted by Crippen LogP contribution is 2.47. The third-order valence-corrected chi connectivity index (χ3v) is 4.53. The monoisotopic (exact) mass is 397 g/mol. The van der Waals surface area contributed by atoms with Gasteiger partial charge >= 0.3 is 12.2 Å². The topological polar surface area (TPSA) is 63.2 Å². The van der Waals surface area contributed by atoms with Crippen molar-refractivity contribution in [1.82, 2.24) is 15.6 Å². The molecule has 0 unspecified atom stereocenters. The number of hydrogen-bond acceptors (Lipinski definition) is 3. The summed E-state index contributed by atoms with van der Waals surface area (Å²) < 4.78 is 53.9. The minimum atomic E-state index is -4.42. The predicted octanol–water partition coefficient (Wildman–Crippen LogP) is 3.69. The molecule has 28 heavy (non-hydrogen) atoms. The minimum Gasteiger partial charge on any atom is -0.468 e. The summed E-state index contributed by atoms with van der Waals surface area (Å²) in [6.45, 7) is -0.801. The first-order valence-corrected chi connectivity index (χ1v) is 8.68. The Bertz CT molecular complexity index is 803. The Balaban J connectivity index is 1.42. The summed E-state index contributed by atoms with van der Waals surface area (Å²) in [4.78, 5) is 15.8. The smallest absolute Gasteiger partial charge is 0.422 e. The second-order valence-corrected chi connectivity index (χ2v) is 6.73. The lowest BCUT2D eigenvalue weighted by molar-refractivity contribution is -0.154. The average molecular weight is 397 g/mol. The minimum absolute atomic E-state index is 0.138. The highest BCUT2D eigenvalue weighted by Gasteiger charge is 2.44. The molecule has 1 fully saturated rings. The highest BCUT2D eigenvalue weighted by atomic mass is 19.4. The maximum atomic E-state index is 13.0. The van der Waals surface area contributed by atoms with Crippen LogP contribution in [0.1, 0.15) is 24.0 Å². The number of alkyl halides is 3. The van der Waals surface area contributed by atoms with Gasteiger partial charge in [0, 0.05) is 30.8 Å². The van der Waals surface area contributed by atoms with Crippen LogP contribution in [-0.2, 0) is 12.0 Å². The molecule has 1 heterocycles. The van der Waals surface area contributed by atoms with E-state index in [9.17, 15) is 22.4 Å². The first kappa shape index (κ1) is 19.9. The van der Waals surface area contributed by atoms with Gasteiger partial charge in [0.25, 0.3) is 0 Å². The zero-order valence-corrected chi connectivity index (χ0v) is 14.9. The molecule has 1 aromatic heterocycles. The van der Waals surface area contributed by atoms with Crippen LogP contribution in [0.4, 0.5) is 22.4 Å². The van der Waals surface area contributed by atoms with Crippen molar-refractivity contribution in [1.29, 1.82) is 0 Å². The number of halogens is 4. The molecule has 1 aromatic carbocycles. The molecule has 9 heteroatoms. The van der Waals surface area contributed by atoms with Crippen molar-refractivity contribution < 1.29 is 27.1 Å². The summed E-state index contributed by atoms with van der Waals surface area (Å²) in [5.41, 5.74) is 1.46. The zero-order chi connectivity index (χ0) is 20.2. The maximum absolute atomic E-state index is 13.0. The molecular formula is C19H19F4N3O2. The number of amides is 2. The van der Waals surface area contributed by atoms with Crippen LogP contribution in [0, 0.1) is 5.82 Å². The standard InChI is InChI=1S/C19H19F4N3O2/c20-15-4-2-14(3-5-15)18(7-8-18)11-26-17(27)25-10-13-1-6-16(24-9-13)28-12-19(21,22)23/h1-6,9H,7-8,10-12H2,(H2,25,26,27). The summed E-state index contributed by atoms with van der Waals surface area (Å²) in [6.07, 6.45) is -1.25. The third-order valence-electron chi connectivity index (χ3n) is 4.53. The summed E-state index contributed by atoms with van der Waals surface area (Å²) in [6, 6.07) is 8.75. The van der Waals surface area contributed by atoms with Crippen molar-refractivity contribution in [2.75, 3.05) is 13.2 Å². The Hall–Kier alpha value is -2.84. The van der Waals surface area contributed by atoms with Crippen molar-refractivity contribution in [2.24, 2.45) is 0 Å². The number of nitrogens with one attached hydrogen (secondary N) is 2. The van der Waals surface area contributed by atoms with Crippen LogP contribution in [0.2, 0.25) is 0 Å². The van der Waals surface area contributed by atoms with Crippen LogP contribution in [0.15, 0.2) is 42.6 Å². The fourth-order valence-corrected chi connectivity index (χ4v) is 2.77. The number of hydrogen-bond donors (Lipinski definition) is 2. The highest BCUT2D eigenvalue weighted by molar-refractivity contribution is 5.74. The molecule has 1 aliphatic carbocycles. The summed E-state index contributed by atoms with van der Waals surface area (Å²) in [7, 11) is 0. The molecule has 0 bridgehead atoms. The second-order valence-electron chi connectivity index (χ2n) is 6.73. The molecule has 1 saturated carbocycles. The van der Waals surface area contributed by atoms with E-state index >= 15 is 0 Å². The largest absolute Gasteiger partial charge is 0.468 e. The molecule has 5 nitrogen and oxygen atoms in total. The first-order valence-electron chi connectivity index (χ1n) is 8.68. The quantitative estimate of drug-likeness (QED) is 0.701. The summed E-state index contributed by atoms with van der Waals surface area (Å²) in [5.74, 6) is -0.436. The van der Waals surface area contributed by atoms with Gasteiger partial charge in [0.2, 0.25) is 5.88 Å². The van der Waals surface area contributed by atoms with Crippen LogP contribution in [-0.4, -0.2) is 30.3 Å². The molecule has 0 saturated heterocycles. The fraction of sp³-hybridized carbons (Fsp3) is 0.368. The Morgan fingerprint density at radius 3 is 2.39 bits per heavy atom. The number of ether oxygens (including phenoxy) is 1. The van der Waals surface area contributed by atoms with Crippen molar-refractivity contribution >= 4 is 6.03 Å². The van der Waals surface area contributed by atoms with Gasteiger partial charge in [-0.1, -0.05) is 18.2 Å². The summed E-state index contributed by atoms with van der Waals surface area (Å²) >= 11 is 0. The molecule has 3 rings (SSSR count). The van der Waals surface area contributed by atoms with E-state index in [4.69, 9.17) is 0 Å². The number of carbonyl (C=O) groups is 1. The lowest BCUT2D eigenvalue weighted by Gasteiger charge is -2.17. The predicted molar refractivity (Wildman–Crippen MR) is 93.3 cm³/mol. The van der Waals surface area contributed by atoms with Crippen LogP contribution in [0.5, 0.6) is 5.88 Å². The van der Waals surface area contributed by atoms with E-state index in [1.54, 1.807) is 12.1 Å². The lowest BCUT2D eigenvalue weighted by Crippen LogP contribution is -2.39. The van der Waals surface area contributed by atoms with Crippen LogP contribution in [0.3, 0.4) is 0 Å². The van der Waals surface area contributed by atoms with Gasteiger partial charge in [-0.15, -0.1) is 0 Å². The van der Waals surface area contributed by atoms with Gasteiger partial charge in [-0.05, 0) is 36.1 Å². The number of rotatable bonds is 7. The number of pyridine rings is 1. The lowest BCUT2D eigenvalue weighted by atomic mass is 9.96. The van der Waals surface area contributed by atoms with Gasteiger partial charge < -0.3 is 15.4 Å². The van der Waals surface area contributed by atoms with E-state index < -0.39 is 12.8 Å². The van der Waals surface area contributed by atoms with Crippen molar-refractivity contribution in [3.63, 3.8) is 0 Å². The van der Waals surface area contributed by atoms with Gasteiger partial charge in [-0.25, -0.2) is 14.2 Å². The van der Waals surface area contributed by atoms with Gasteiger partial charge in [-0.3, -0.25) is 0 Å². The van der Waals surface area contributed by atoms with E-state index in [1.807, 2.05) is 0 Å². The molecule has 0 spiro atoms. The summed E-state index contributed by atoms with van der Waals surface area (Å²) in [5, 5.41) is 5.47. The number of urea groups is 1. The van der Waals surface area contributed by atoms with Gasteiger partial charge in [0.15, 0.2) is 6.61 Å². The Kier molecular flexibility index (Phi) is 5.71. The maximum Gasteiger partial charge on any atom is 0.422 e. The molecule has 2 aromatic rings. The van der Waals surface area contributed by atoms with Crippen LogP contribution in [0.25, 0.3) is 0 Å². The Labute approximate surface area is 159 Å². The fourth-order valence-electron chi connectivity index (χ4n) is 2.77. The number of carbonyl (C=O) groups excluding carboxylic acids is 1. The average Bonchev–Trinajstić information content (AvgIpc) is 3.45. The Morgan fingerprint density at radius 2 is 1.82 bits per heavy atom. The normalized spacial score (nSPS) is 15.0. The van der Waals surface area contributed by atoms with Crippen LogP contribution < -0.4 is 15.4 Å². The van der Waals surface area contributed by atoms with E-state index in [0.717, 1.165) is 18.4 Å². The third kappa shape index (κ3) is 5.58. The Morgan fingerprint density at radius 1 is 1.11 bits per heavy atom. The van der Waals surface area contributed by atoms with Gasteiger partial charge in [0.1, 0.15) is 5.82 Å². The van der Waals surface area contributed by atoms with Gasteiger partial charge in [0.05, 0.1) is 0 Å². The van der Waals surface area contributed by atoms with E-state index in [0.29, 0.717) is 12.1 Å². The molecule has 2 N–H and O–H groups in total. The van der Waals surface area contributed by atoms with Crippen molar-refractivity contribution in [3.8, 4) is 5.88 Å². The number of benzene rings is 1. The van der Waals surface area contributed by atoms with Crippen molar-refractivity contribution in [3.05, 3.63) is 59.5 Å². The molecule has 0 aliphatic heterocycles. The van der Waals surface area contributed by atoms with Crippen LogP contribution >= 0.6 is 0 Å². The zero-order valence-electron chi connectivity index (χ0n) is 14.9. The molecule has 0 radical (unpaired) electrons. The van der Waals surface area contributed by atoms with E-state index in [1.165, 1.54) is 30.5 Å².